The van der Waals surface area contributed by atoms with Crippen molar-refractivity contribution in [1.29, 1.82) is 0 Å². The summed E-state index contributed by atoms with van der Waals surface area (Å²) in [5.74, 6) is 1.63. The molecule has 0 bridgehead atoms. The topological polar surface area (TPSA) is 69.1 Å². The molecule has 2 aromatic carbocycles. The van der Waals surface area contributed by atoms with Gasteiger partial charge in [-0.1, -0.05) is 42.5 Å². The largest absolute Gasteiger partial charge is 0.496 e. The summed E-state index contributed by atoms with van der Waals surface area (Å²) >= 11 is 0. The van der Waals surface area contributed by atoms with Gasteiger partial charge in [-0.3, -0.25) is 9.89 Å². The van der Waals surface area contributed by atoms with Gasteiger partial charge < -0.3 is 20.5 Å². The Morgan fingerprint density at radius 1 is 1.03 bits per heavy atom. The summed E-state index contributed by atoms with van der Waals surface area (Å²) in [5, 5.41) is 16.3. The number of para-hydroxylation sites is 1. The highest BCUT2D eigenvalue weighted by Crippen LogP contribution is 2.17. The van der Waals surface area contributed by atoms with Gasteiger partial charge in [0, 0.05) is 45.3 Å². The van der Waals surface area contributed by atoms with Gasteiger partial charge in [-0.15, -0.1) is 0 Å². The van der Waals surface area contributed by atoms with E-state index in [9.17, 15) is 5.11 Å². The Kier molecular flexibility index (Phi) is 7.90. The SMILES string of the molecule is CN=C(NCc1ccc(CN2CCC(O)CC2)cc1)NCc1ccccc1OC. The molecule has 0 spiro atoms. The number of rotatable bonds is 7. The summed E-state index contributed by atoms with van der Waals surface area (Å²) < 4.78 is 5.40. The van der Waals surface area contributed by atoms with Gasteiger partial charge in [0.25, 0.3) is 0 Å². The first-order chi connectivity index (χ1) is 14.2. The van der Waals surface area contributed by atoms with Crippen molar-refractivity contribution in [2.24, 2.45) is 4.99 Å². The van der Waals surface area contributed by atoms with E-state index in [1.54, 1.807) is 14.2 Å². The maximum absolute atomic E-state index is 9.63. The van der Waals surface area contributed by atoms with Crippen LogP contribution in [-0.2, 0) is 19.6 Å². The number of benzene rings is 2. The number of hydrogen-bond acceptors (Lipinski definition) is 4. The van der Waals surface area contributed by atoms with Crippen LogP contribution >= 0.6 is 0 Å². The van der Waals surface area contributed by atoms with Crippen molar-refractivity contribution >= 4 is 5.96 Å². The van der Waals surface area contributed by atoms with E-state index in [4.69, 9.17) is 4.74 Å². The van der Waals surface area contributed by atoms with Crippen LogP contribution in [0.15, 0.2) is 53.5 Å². The van der Waals surface area contributed by atoms with E-state index in [0.717, 1.165) is 49.7 Å². The number of likely N-dealkylation sites (tertiary alicyclic amines) is 1. The second-order valence-electron chi connectivity index (χ2n) is 7.41. The molecule has 0 atom stereocenters. The molecular formula is C23H32N4O2. The normalized spacial score (nSPS) is 15.9. The minimum Gasteiger partial charge on any atom is -0.496 e. The maximum atomic E-state index is 9.63. The van der Waals surface area contributed by atoms with Crippen molar-refractivity contribution in [2.45, 2.75) is 38.6 Å². The zero-order valence-corrected chi connectivity index (χ0v) is 17.4. The number of aliphatic hydroxyl groups is 1. The van der Waals surface area contributed by atoms with E-state index in [1.165, 1.54) is 11.1 Å². The summed E-state index contributed by atoms with van der Waals surface area (Å²) in [6.45, 7) is 4.24. The minimum atomic E-state index is -0.120. The Balaban J connectivity index is 1.45. The van der Waals surface area contributed by atoms with Crippen LogP contribution in [0.5, 0.6) is 5.75 Å². The molecule has 0 aromatic heterocycles. The molecule has 156 valence electrons. The summed E-state index contributed by atoms with van der Waals surface area (Å²) in [7, 11) is 3.46. The Hall–Kier alpha value is -2.57. The smallest absolute Gasteiger partial charge is 0.191 e. The predicted molar refractivity (Wildman–Crippen MR) is 117 cm³/mol. The highest BCUT2D eigenvalue weighted by molar-refractivity contribution is 5.79. The fourth-order valence-electron chi connectivity index (χ4n) is 3.53. The van der Waals surface area contributed by atoms with Gasteiger partial charge in [-0.05, 0) is 30.0 Å². The highest BCUT2D eigenvalue weighted by Gasteiger charge is 2.16. The number of hydrogen-bond donors (Lipinski definition) is 3. The minimum absolute atomic E-state index is 0.120. The van der Waals surface area contributed by atoms with Crippen molar-refractivity contribution in [3.05, 3.63) is 65.2 Å². The first kappa shape index (κ1) is 21.1. The van der Waals surface area contributed by atoms with Gasteiger partial charge in [0.2, 0.25) is 0 Å². The Morgan fingerprint density at radius 2 is 1.69 bits per heavy atom. The quantitative estimate of drug-likeness (QED) is 0.496. The monoisotopic (exact) mass is 396 g/mol. The molecule has 0 saturated carbocycles. The molecule has 0 unspecified atom stereocenters. The molecule has 0 aliphatic carbocycles. The second-order valence-corrected chi connectivity index (χ2v) is 7.41. The number of piperidine rings is 1. The molecule has 1 fully saturated rings. The zero-order valence-electron chi connectivity index (χ0n) is 17.4. The second kappa shape index (κ2) is 10.8. The van der Waals surface area contributed by atoms with Crippen LogP contribution in [-0.4, -0.2) is 49.3 Å². The van der Waals surface area contributed by atoms with Crippen molar-refractivity contribution in [3.8, 4) is 5.75 Å². The van der Waals surface area contributed by atoms with E-state index in [2.05, 4.69) is 44.8 Å². The summed E-state index contributed by atoms with van der Waals surface area (Å²) in [6, 6.07) is 16.7. The fraction of sp³-hybridized carbons (Fsp3) is 0.435. The standard InChI is InChI=1S/C23H32N4O2/c1-24-23(26-16-20-5-3-4-6-22(20)29-2)25-15-18-7-9-19(10-8-18)17-27-13-11-21(28)12-14-27/h3-10,21,28H,11-17H2,1-2H3,(H2,24,25,26). The number of methoxy groups -OCH3 is 1. The molecule has 29 heavy (non-hydrogen) atoms. The Morgan fingerprint density at radius 3 is 2.38 bits per heavy atom. The molecule has 0 radical (unpaired) electrons. The molecule has 1 aliphatic heterocycles. The highest BCUT2D eigenvalue weighted by atomic mass is 16.5. The molecule has 6 heteroatoms. The molecule has 3 rings (SSSR count). The predicted octanol–water partition coefficient (Wildman–Crippen LogP) is 2.52. The first-order valence-corrected chi connectivity index (χ1v) is 10.2. The molecule has 3 N–H and O–H groups in total. The number of aliphatic imine (C=N–C) groups is 1. The van der Waals surface area contributed by atoms with Crippen LogP contribution in [0.1, 0.15) is 29.5 Å². The van der Waals surface area contributed by atoms with E-state index in [1.807, 2.05) is 24.3 Å². The van der Waals surface area contributed by atoms with Crippen molar-refractivity contribution < 1.29 is 9.84 Å². The van der Waals surface area contributed by atoms with Gasteiger partial charge >= 0.3 is 0 Å². The molecule has 1 heterocycles. The number of nitrogens with one attached hydrogen (secondary N) is 2. The van der Waals surface area contributed by atoms with E-state index >= 15 is 0 Å². The lowest BCUT2D eigenvalue weighted by atomic mass is 10.1. The summed E-state index contributed by atoms with van der Waals surface area (Å²) in [5.41, 5.74) is 3.61. The van der Waals surface area contributed by atoms with Crippen LogP contribution in [0.4, 0.5) is 0 Å². The fourth-order valence-corrected chi connectivity index (χ4v) is 3.53. The third-order valence-electron chi connectivity index (χ3n) is 5.31. The Bertz CT molecular complexity index is 784. The lowest BCUT2D eigenvalue weighted by molar-refractivity contribution is 0.0792. The van der Waals surface area contributed by atoms with Gasteiger partial charge in [0.15, 0.2) is 5.96 Å². The molecule has 1 saturated heterocycles. The molecular weight excluding hydrogens is 364 g/mol. The number of ether oxygens (including phenoxy) is 1. The third-order valence-corrected chi connectivity index (χ3v) is 5.31. The lowest BCUT2D eigenvalue weighted by Crippen LogP contribution is -2.36. The lowest BCUT2D eigenvalue weighted by Gasteiger charge is -2.29. The van der Waals surface area contributed by atoms with Crippen molar-refractivity contribution in [1.82, 2.24) is 15.5 Å². The molecule has 0 amide bonds. The van der Waals surface area contributed by atoms with Gasteiger partial charge in [0.1, 0.15) is 5.75 Å². The number of guanidine groups is 1. The van der Waals surface area contributed by atoms with Crippen LogP contribution in [0, 0.1) is 0 Å². The zero-order chi connectivity index (χ0) is 20.5. The number of aliphatic hydroxyl groups excluding tert-OH is 1. The van der Waals surface area contributed by atoms with Gasteiger partial charge in [-0.25, -0.2) is 0 Å². The maximum Gasteiger partial charge on any atom is 0.191 e. The van der Waals surface area contributed by atoms with Gasteiger partial charge in [-0.2, -0.15) is 0 Å². The van der Waals surface area contributed by atoms with E-state index in [0.29, 0.717) is 13.1 Å². The first-order valence-electron chi connectivity index (χ1n) is 10.2. The number of nitrogens with zero attached hydrogens (tertiary/aromatic N) is 2. The van der Waals surface area contributed by atoms with Crippen molar-refractivity contribution in [3.63, 3.8) is 0 Å². The van der Waals surface area contributed by atoms with E-state index < -0.39 is 0 Å². The third kappa shape index (κ3) is 6.48. The Labute approximate surface area is 173 Å². The molecule has 2 aromatic rings. The van der Waals surface area contributed by atoms with Gasteiger partial charge in [0.05, 0.1) is 13.2 Å². The average Bonchev–Trinajstić information content (AvgIpc) is 2.76. The van der Waals surface area contributed by atoms with Crippen LogP contribution in [0.25, 0.3) is 0 Å². The van der Waals surface area contributed by atoms with Crippen LogP contribution < -0.4 is 15.4 Å². The summed E-state index contributed by atoms with van der Waals surface area (Å²) in [6.07, 6.45) is 1.64. The molecule has 1 aliphatic rings. The average molecular weight is 397 g/mol. The van der Waals surface area contributed by atoms with Crippen LogP contribution in [0.2, 0.25) is 0 Å². The summed E-state index contributed by atoms with van der Waals surface area (Å²) in [4.78, 5) is 6.71. The van der Waals surface area contributed by atoms with Crippen LogP contribution in [0.3, 0.4) is 0 Å². The van der Waals surface area contributed by atoms with E-state index in [-0.39, 0.29) is 6.10 Å². The van der Waals surface area contributed by atoms with Crippen molar-refractivity contribution in [2.75, 3.05) is 27.2 Å². The molecule has 6 nitrogen and oxygen atoms in total.